The van der Waals surface area contributed by atoms with Crippen molar-refractivity contribution in [3.05, 3.63) is 0 Å². The first kappa shape index (κ1) is 34.7. The van der Waals surface area contributed by atoms with E-state index in [1.807, 2.05) is 13.8 Å². The molecule has 0 bridgehead atoms. The zero-order valence-electron chi connectivity index (χ0n) is 20.3. The van der Waals surface area contributed by atoms with Gasteiger partial charge in [-0.15, -0.1) is 0 Å². The first-order valence-electron chi connectivity index (χ1n) is 11.5. The summed E-state index contributed by atoms with van der Waals surface area (Å²) >= 11 is 10.3. The predicted octanol–water partition coefficient (Wildman–Crippen LogP) is 3.34. The predicted molar refractivity (Wildman–Crippen MR) is 141 cm³/mol. The van der Waals surface area contributed by atoms with Gasteiger partial charge in [0, 0.05) is 0 Å². The van der Waals surface area contributed by atoms with Gasteiger partial charge in [0.2, 0.25) is 0 Å². The van der Waals surface area contributed by atoms with Crippen molar-refractivity contribution in [1.82, 2.24) is 10.6 Å². The zero-order valence-corrected chi connectivity index (χ0v) is 24.0. The summed E-state index contributed by atoms with van der Waals surface area (Å²) in [4.78, 5) is 0. The fraction of sp³-hybridized carbons (Fsp3) is 1.00. The molecule has 29 heavy (non-hydrogen) atoms. The molecule has 0 fully saturated rings. The minimum atomic E-state index is 0.336. The first-order valence-corrected chi connectivity index (χ1v) is 15.4. The van der Waals surface area contributed by atoms with Gasteiger partial charge in [-0.05, 0) is 52.1 Å². The van der Waals surface area contributed by atoms with Crippen LogP contribution in [0.4, 0.5) is 0 Å². The van der Waals surface area contributed by atoms with Gasteiger partial charge in [-0.3, -0.25) is 0 Å². The van der Waals surface area contributed by atoms with Crippen molar-refractivity contribution in [3.63, 3.8) is 0 Å². The van der Waals surface area contributed by atoms with Crippen LogP contribution < -0.4 is 22.1 Å². The average Bonchev–Trinajstić information content (AvgIpc) is 2.62. The number of nitrogens with two attached hydrogens (primary N) is 2. The van der Waals surface area contributed by atoms with Gasteiger partial charge in [0.15, 0.2) is 0 Å². The molecule has 2 radical (unpaired) electrons. The Hall–Kier alpha value is 1.08. The SMILES string of the molecule is CC(C)C[CH2][Ge][CH2]CC(C)C.CC([S-])CNCCCN.CC([S-])CNCCCN. The molecule has 0 rings (SSSR count). The molecule has 0 aliphatic rings. The summed E-state index contributed by atoms with van der Waals surface area (Å²) in [6.07, 6.45) is 5.03. The van der Waals surface area contributed by atoms with Crippen LogP contribution in [0.15, 0.2) is 0 Å². The third-order valence-corrected chi connectivity index (χ3v) is 6.80. The fourth-order valence-corrected chi connectivity index (χ4v) is 6.01. The molecule has 7 heteroatoms. The van der Waals surface area contributed by atoms with Crippen LogP contribution in [0.3, 0.4) is 0 Å². The summed E-state index contributed by atoms with van der Waals surface area (Å²) in [6, 6.07) is 0. The van der Waals surface area contributed by atoms with Crippen molar-refractivity contribution >= 4 is 40.7 Å². The molecule has 0 aromatic carbocycles. The Morgan fingerprint density at radius 3 is 1.28 bits per heavy atom. The monoisotopic (exact) mass is 510 g/mol. The Bertz CT molecular complexity index is 256. The van der Waals surface area contributed by atoms with Crippen LogP contribution in [0.5, 0.6) is 0 Å². The van der Waals surface area contributed by atoms with E-state index in [1.54, 1.807) is 10.5 Å². The number of hydrogen-bond acceptors (Lipinski definition) is 6. The number of rotatable bonds is 16. The van der Waals surface area contributed by atoms with E-state index < -0.39 is 0 Å². The molecule has 0 aliphatic heterocycles. The normalized spacial score (nSPS) is 12.8. The van der Waals surface area contributed by atoms with Gasteiger partial charge >= 0.3 is 78.3 Å². The van der Waals surface area contributed by atoms with Crippen molar-refractivity contribution < 1.29 is 0 Å². The van der Waals surface area contributed by atoms with E-state index in [0.29, 0.717) is 25.9 Å². The summed E-state index contributed by atoms with van der Waals surface area (Å²) in [5.41, 5.74) is 10.6. The third kappa shape index (κ3) is 48.0. The van der Waals surface area contributed by atoms with Crippen molar-refractivity contribution in [2.24, 2.45) is 23.3 Å². The van der Waals surface area contributed by atoms with Crippen LogP contribution in [0.25, 0.3) is 0 Å². The summed E-state index contributed by atoms with van der Waals surface area (Å²) in [6.45, 7) is 18.7. The second-order valence-electron chi connectivity index (χ2n) is 8.43. The summed E-state index contributed by atoms with van der Waals surface area (Å²) in [7, 11) is 0. The Kier molecular flexibility index (Phi) is 34.8. The molecule has 4 nitrogen and oxygen atoms in total. The topological polar surface area (TPSA) is 76.1 Å². The third-order valence-electron chi connectivity index (χ3n) is 3.78. The van der Waals surface area contributed by atoms with Crippen LogP contribution in [0, 0.1) is 11.8 Å². The molecule has 0 heterocycles. The van der Waals surface area contributed by atoms with Crippen molar-refractivity contribution in [2.75, 3.05) is 39.3 Å². The van der Waals surface area contributed by atoms with E-state index in [-0.39, 0.29) is 0 Å². The van der Waals surface area contributed by atoms with Crippen LogP contribution in [0.2, 0.25) is 10.5 Å². The smallest absolute Gasteiger partial charge is 0.00376 e. The van der Waals surface area contributed by atoms with Gasteiger partial charge in [0.05, 0.1) is 0 Å². The van der Waals surface area contributed by atoms with E-state index in [9.17, 15) is 0 Å². The van der Waals surface area contributed by atoms with Crippen LogP contribution >= 0.6 is 0 Å². The quantitative estimate of drug-likeness (QED) is 0.145. The molecule has 0 amide bonds. The second kappa shape index (κ2) is 29.1. The molecule has 0 spiro atoms. The van der Waals surface area contributed by atoms with Crippen LogP contribution in [0.1, 0.15) is 67.2 Å². The van der Waals surface area contributed by atoms with Crippen molar-refractivity contribution in [1.29, 1.82) is 0 Å². The molecule has 0 aromatic heterocycles. The van der Waals surface area contributed by atoms with E-state index in [1.165, 1.54) is 12.8 Å². The van der Waals surface area contributed by atoms with Crippen LogP contribution in [-0.2, 0) is 25.3 Å². The molecule has 178 valence electrons. The maximum absolute atomic E-state index is 5.28. The minimum Gasteiger partial charge on any atom is -0.788 e. The van der Waals surface area contributed by atoms with Gasteiger partial charge in [-0.1, -0.05) is 13.8 Å². The Balaban J connectivity index is -0.000000352. The molecule has 0 aromatic rings. The van der Waals surface area contributed by atoms with E-state index >= 15 is 0 Å². The van der Waals surface area contributed by atoms with Crippen molar-refractivity contribution in [2.45, 2.75) is 88.2 Å². The largest absolute Gasteiger partial charge is 0.788 e. The standard InChI is InChI=1S/C10H22Ge.2C6H16N2S/c1-9(2)5-7-11-8-6-10(3)4;2*1-6(9)5-8-4-2-3-7/h9-10H,5-8H2,1-4H3;2*6,8-9H,2-5,7H2,1H3/p-2. The van der Waals surface area contributed by atoms with Gasteiger partial charge < -0.3 is 47.4 Å². The van der Waals surface area contributed by atoms with E-state index in [0.717, 1.165) is 63.9 Å². The zero-order chi connectivity index (χ0) is 22.9. The summed E-state index contributed by atoms with van der Waals surface area (Å²) in [5.74, 6) is 1.86. The maximum atomic E-state index is 5.28. The van der Waals surface area contributed by atoms with Gasteiger partial charge in [-0.25, -0.2) is 0 Å². The molecule has 0 saturated heterocycles. The first-order chi connectivity index (χ1) is 13.7. The second-order valence-corrected chi connectivity index (χ2v) is 13.2. The Morgan fingerprint density at radius 1 is 0.690 bits per heavy atom. The molecule has 2 unspecified atom stereocenters. The molecular weight excluding hydrogens is 457 g/mol. The molecule has 0 aliphatic carbocycles. The molecule has 0 saturated carbocycles. The average molecular weight is 509 g/mol. The molecular formula is C22H52GeN4S2-2. The fourth-order valence-electron chi connectivity index (χ4n) is 1.97. The molecule has 2 atom stereocenters. The van der Waals surface area contributed by atoms with Gasteiger partial charge in [-0.2, -0.15) is 10.5 Å². The minimum absolute atomic E-state index is 0.336. The van der Waals surface area contributed by atoms with Crippen molar-refractivity contribution in [3.8, 4) is 0 Å². The van der Waals surface area contributed by atoms with Gasteiger partial charge in [0.25, 0.3) is 0 Å². The number of hydrogen-bond donors (Lipinski definition) is 4. The summed E-state index contributed by atoms with van der Waals surface area (Å²) < 4.78 is 0. The van der Waals surface area contributed by atoms with Gasteiger partial charge in [0.1, 0.15) is 0 Å². The Labute approximate surface area is 201 Å². The van der Waals surface area contributed by atoms with Crippen LogP contribution in [-0.4, -0.2) is 65.2 Å². The van der Waals surface area contributed by atoms with E-state index in [2.05, 4.69) is 38.3 Å². The van der Waals surface area contributed by atoms with E-state index in [4.69, 9.17) is 36.7 Å². The maximum Gasteiger partial charge on any atom is -0.00376 e. The summed E-state index contributed by atoms with van der Waals surface area (Å²) in [5, 5.41) is 10.2. The molecule has 6 N–H and O–H groups in total. The number of nitrogens with one attached hydrogen (secondary N) is 2. The Morgan fingerprint density at radius 2 is 1.03 bits per heavy atom.